The maximum Gasteiger partial charge on any atom is 0.264 e. The molecular weight excluding hydrogens is 530 g/mol. The fourth-order valence-electron chi connectivity index (χ4n) is 7.21. The minimum absolute atomic E-state index is 0.0610. The van der Waals surface area contributed by atoms with Gasteiger partial charge in [-0.1, -0.05) is 61.5 Å². The number of fused-ring (bicyclic) bond motifs is 3. The van der Waals surface area contributed by atoms with Crippen LogP contribution in [0, 0.1) is 5.92 Å². The molecule has 0 unspecified atom stereocenters. The number of aliphatic hydroxyl groups excluding tert-OH is 1. The van der Waals surface area contributed by atoms with Gasteiger partial charge in [-0.2, -0.15) is 0 Å². The van der Waals surface area contributed by atoms with Gasteiger partial charge in [-0.3, -0.25) is 14.4 Å². The first kappa shape index (κ1) is 26.9. The van der Waals surface area contributed by atoms with E-state index in [9.17, 15) is 19.5 Å². The second-order valence-corrected chi connectivity index (χ2v) is 12.0. The van der Waals surface area contributed by atoms with E-state index in [1.165, 1.54) is 5.56 Å². The summed E-state index contributed by atoms with van der Waals surface area (Å²) in [7, 11) is 0. The lowest BCUT2D eigenvalue weighted by atomic mass is 9.83. The molecular formula is C34H35N3O5. The van der Waals surface area contributed by atoms with E-state index in [2.05, 4.69) is 6.07 Å². The number of nitrogens with zero attached hydrogens (tertiary/aromatic N) is 3. The summed E-state index contributed by atoms with van der Waals surface area (Å²) in [5, 5.41) is 10.1. The summed E-state index contributed by atoms with van der Waals surface area (Å²) in [5.74, 6) is -0.155. The summed E-state index contributed by atoms with van der Waals surface area (Å²) in [5.41, 5.74) is 4.65. The molecule has 0 radical (unpaired) electrons. The van der Waals surface area contributed by atoms with E-state index in [1.54, 1.807) is 14.7 Å². The zero-order valence-electron chi connectivity index (χ0n) is 23.7. The number of hydrogen-bond acceptors (Lipinski definition) is 5. The summed E-state index contributed by atoms with van der Waals surface area (Å²) >= 11 is 0. The number of ether oxygens (including phenoxy) is 1. The Bertz CT molecular complexity index is 1550. The molecule has 2 saturated heterocycles. The van der Waals surface area contributed by atoms with Crippen molar-refractivity contribution in [2.24, 2.45) is 5.92 Å². The van der Waals surface area contributed by atoms with Gasteiger partial charge in [0.1, 0.15) is 0 Å². The normalized spacial score (nSPS) is 26.4. The van der Waals surface area contributed by atoms with Gasteiger partial charge in [0.25, 0.3) is 5.91 Å². The van der Waals surface area contributed by atoms with Crippen LogP contribution in [0.3, 0.4) is 0 Å². The molecule has 3 amide bonds. The van der Waals surface area contributed by atoms with Crippen LogP contribution >= 0.6 is 0 Å². The molecule has 7 rings (SSSR count). The third-order valence-corrected chi connectivity index (χ3v) is 9.55. The van der Waals surface area contributed by atoms with E-state index < -0.39 is 11.7 Å². The third kappa shape index (κ3) is 4.24. The number of carbonyl (C=O) groups is 3. The summed E-state index contributed by atoms with van der Waals surface area (Å²) in [6.45, 7) is 3.53. The van der Waals surface area contributed by atoms with E-state index in [-0.39, 0.29) is 42.7 Å². The zero-order chi connectivity index (χ0) is 29.0. The predicted octanol–water partition coefficient (Wildman–Crippen LogP) is 3.93. The minimum Gasteiger partial charge on any atom is -0.394 e. The van der Waals surface area contributed by atoms with Crippen molar-refractivity contribution in [3.8, 4) is 0 Å². The van der Waals surface area contributed by atoms with Crippen molar-refractivity contribution in [1.82, 2.24) is 4.90 Å². The monoisotopic (exact) mass is 565 g/mol. The smallest absolute Gasteiger partial charge is 0.264 e. The average Bonchev–Trinajstić information content (AvgIpc) is 3.45. The van der Waals surface area contributed by atoms with Crippen LogP contribution in [0.5, 0.6) is 0 Å². The summed E-state index contributed by atoms with van der Waals surface area (Å²) in [6, 6.07) is 23.4. The lowest BCUT2D eigenvalue weighted by Gasteiger charge is -2.36. The molecule has 0 bridgehead atoms. The number of β-lactam (4-membered cyclic amide) rings is 1. The standard InChI is InChI=1S/C34H35N3O5/c1-22-16-28(18-32(40)36-20-25-7-3-2-6-24(25)17-27(36)21-38)42-34(22)29-8-4-5-9-30(29)37(33(34)41)19-23-10-12-26(13-11-23)35-15-14-31(35)39/h2-13,22,27-28,38H,14-21H2,1H3/t22-,27-,28-,34+/m0/s1. The van der Waals surface area contributed by atoms with Crippen LogP contribution in [0.15, 0.2) is 72.8 Å². The fraction of sp³-hybridized carbons (Fsp3) is 0.382. The highest BCUT2D eigenvalue weighted by Gasteiger charge is 2.60. The Morgan fingerprint density at radius 1 is 1.00 bits per heavy atom. The molecule has 0 aromatic heterocycles. The second-order valence-electron chi connectivity index (χ2n) is 12.0. The Kier molecular flexibility index (Phi) is 6.63. The van der Waals surface area contributed by atoms with Crippen molar-refractivity contribution in [2.75, 3.05) is 23.0 Å². The molecule has 0 aliphatic carbocycles. The first-order valence-corrected chi connectivity index (χ1v) is 14.8. The molecule has 42 heavy (non-hydrogen) atoms. The van der Waals surface area contributed by atoms with Crippen LogP contribution in [-0.4, -0.2) is 53.0 Å². The molecule has 1 N–H and O–H groups in total. The number of anilines is 2. The van der Waals surface area contributed by atoms with Crippen molar-refractivity contribution in [1.29, 1.82) is 0 Å². The SMILES string of the molecule is C[C@H]1C[C@@H](CC(=O)N2Cc3ccccc3C[C@H]2CO)O[C@]12C(=O)N(Cc1ccc(N3CCC3=O)cc1)c1ccccc12. The number of benzene rings is 3. The number of hydrogen-bond donors (Lipinski definition) is 1. The van der Waals surface area contributed by atoms with E-state index in [1.807, 2.05) is 73.7 Å². The number of amides is 3. The van der Waals surface area contributed by atoms with E-state index in [0.29, 0.717) is 32.4 Å². The van der Waals surface area contributed by atoms with Crippen LogP contribution in [-0.2, 0) is 44.2 Å². The molecule has 2 fully saturated rings. The maximum absolute atomic E-state index is 14.3. The van der Waals surface area contributed by atoms with Gasteiger partial charge in [-0.25, -0.2) is 0 Å². The topological polar surface area (TPSA) is 90.4 Å². The molecule has 4 aliphatic heterocycles. The molecule has 4 atom stereocenters. The predicted molar refractivity (Wildman–Crippen MR) is 158 cm³/mol. The largest absolute Gasteiger partial charge is 0.394 e. The highest BCUT2D eigenvalue weighted by molar-refractivity contribution is 6.07. The van der Waals surface area contributed by atoms with Crippen LogP contribution in [0.4, 0.5) is 11.4 Å². The first-order valence-electron chi connectivity index (χ1n) is 14.8. The van der Waals surface area contributed by atoms with Gasteiger partial charge in [-0.05, 0) is 47.7 Å². The molecule has 3 aromatic carbocycles. The van der Waals surface area contributed by atoms with Gasteiger partial charge < -0.3 is 24.5 Å². The van der Waals surface area contributed by atoms with Crippen molar-refractivity contribution >= 4 is 29.1 Å². The number of carbonyl (C=O) groups excluding carboxylic acids is 3. The van der Waals surface area contributed by atoms with Crippen LogP contribution < -0.4 is 9.80 Å². The summed E-state index contributed by atoms with van der Waals surface area (Å²) in [6.07, 6.45) is 1.56. The van der Waals surface area contributed by atoms with Gasteiger partial charge >= 0.3 is 0 Å². The van der Waals surface area contributed by atoms with E-state index >= 15 is 0 Å². The quantitative estimate of drug-likeness (QED) is 0.458. The number of para-hydroxylation sites is 1. The summed E-state index contributed by atoms with van der Waals surface area (Å²) < 4.78 is 6.67. The maximum atomic E-state index is 14.3. The molecule has 1 spiro atoms. The lowest BCUT2D eigenvalue weighted by molar-refractivity contribution is -0.151. The third-order valence-electron chi connectivity index (χ3n) is 9.55. The molecule has 3 aromatic rings. The van der Waals surface area contributed by atoms with Gasteiger partial charge in [0.05, 0.1) is 37.4 Å². The molecule has 4 aliphatic rings. The molecule has 0 saturated carbocycles. The van der Waals surface area contributed by atoms with Crippen molar-refractivity contribution in [3.05, 3.63) is 95.1 Å². The van der Waals surface area contributed by atoms with E-state index in [4.69, 9.17) is 4.74 Å². The van der Waals surface area contributed by atoms with Crippen LogP contribution in [0.2, 0.25) is 0 Å². The highest BCUT2D eigenvalue weighted by atomic mass is 16.5. The van der Waals surface area contributed by atoms with E-state index in [0.717, 1.165) is 34.6 Å². The number of rotatable bonds is 6. The van der Waals surface area contributed by atoms with Crippen LogP contribution in [0.1, 0.15) is 48.4 Å². The molecule has 8 nitrogen and oxygen atoms in total. The highest BCUT2D eigenvalue weighted by Crippen LogP contribution is 2.53. The zero-order valence-corrected chi connectivity index (χ0v) is 23.7. The lowest BCUT2D eigenvalue weighted by Crippen LogP contribution is -2.47. The first-order chi connectivity index (χ1) is 20.4. The molecule has 216 valence electrons. The van der Waals surface area contributed by atoms with Crippen molar-refractivity contribution in [3.63, 3.8) is 0 Å². The number of aliphatic hydroxyl groups is 1. The van der Waals surface area contributed by atoms with Gasteiger partial charge in [0.2, 0.25) is 11.8 Å². The van der Waals surface area contributed by atoms with Gasteiger partial charge in [0.15, 0.2) is 5.60 Å². The van der Waals surface area contributed by atoms with Gasteiger partial charge in [-0.15, -0.1) is 0 Å². The Morgan fingerprint density at radius 3 is 2.45 bits per heavy atom. The fourth-order valence-corrected chi connectivity index (χ4v) is 7.21. The molecule has 4 heterocycles. The Hall–Kier alpha value is -4.01. The minimum atomic E-state index is -1.14. The van der Waals surface area contributed by atoms with Crippen LogP contribution in [0.25, 0.3) is 0 Å². The van der Waals surface area contributed by atoms with Gasteiger partial charge in [0, 0.05) is 36.7 Å². The summed E-state index contributed by atoms with van der Waals surface area (Å²) in [4.78, 5) is 45.0. The van der Waals surface area contributed by atoms with Crippen molar-refractivity contribution in [2.45, 2.75) is 63.4 Å². The Morgan fingerprint density at radius 2 is 1.74 bits per heavy atom. The van der Waals surface area contributed by atoms with Crippen molar-refractivity contribution < 1.29 is 24.2 Å². The molecule has 8 heteroatoms. The Balaban J connectivity index is 1.10. The average molecular weight is 566 g/mol. The Labute approximate surface area is 245 Å². The second kappa shape index (κ2) is 10.4.